The lowest BCUT2D eigenvalue weighted by Crippen LogP contribution is -2.46. The van der Waals surface area contributed by atoms with Crippen molar-refractivity contribution in [1.29, 1.82) is 0 Å². The first-order valence-corrected chi connectivity index (χ1v) is 10.7. The topological polar surface area (TPSA) is 6.48 Å². The summed E-state index contributed by atoms with van der Waals surface area (Å²) in [5, 5.41) is 5.25. The standard InChI is InChI=1S/C23H16Br2N2/c24-20-9-14-11-27-13-26(22(14)18-7-3-1-5-16(18)20)12-15-10-21(25)17-6-2-4-8-19(17)23(15)27/h1-10H,11-13H2. The monoisotopic (exact) mass is 478 g/mol. The van der Waals surface area contributed by atoms with Crippen LogP contribution in [-0.2, 0) is 13.1 Å². The predicted octanol–water partition coefficient (Wildman–Crippen LogP) is 6.82. The van der Waals surface area contributed by atoms with Gasteiger partial charge in [0.05, 0.1) is 18.0 Å². The molecule has 2 bridgehead atoms. The Hall–Kier alpha value is -2.04. The molecule has 27 heavy (non-hydrogen) atoms. The van der Waals surface area contributed by atoms with E-state index in [4.69, 9.17) is 0 Å². The molecule has 2 aliphatic rings. The minimum Gasteiger partial charge on any atom is -0.349 e. The lowest BCUT2D eigenvalue weighted by molar-refractivity contribution is 0.656. The van der Waals surface area contributed by atoms with Crippen LogP contribution in [0, 0.1) is 0 Å². The normalized spacial score (nSPS) is 15.2. The van der Waals surface area contributed by atoms with Crippen LogP contribution in [0.3, 0.4) is 0 Å². The van der Waals surface area contributed by atoms with Gasteiger partial charge < -0.3 is 9.80 Å². The van der Waals surface area contributed by atoms with Crippen molar-refractivity contribution in [2.24, 2.45) is 0 Å². The number of rotatable bonds is 0. The summed E-state index contributed by atoms with van der Waals surface area (Å²) < 4.78 is 2.36. The lowest BCUT2D eigenvalue weighted by atomic mass is 9.95. The third-order valence-electron chi connectivity index (χ3n) is 5.79. The molecule has 132 valence electrons. The van der Waals surface area contributed by atoms with Crippen molar-refractivity contribution in [2.75, 3.05) is 16.5 Å². The highest BCUT2D eigenvalue weighted by Gasteiger charge is 2.32. The Morgan fingerprint density at radius 1 is 0.593 bits per heavy atom. The van der Waals surface area contributed by atoms with Gasteiger partial charge in [0.25, 0.3) is 0 Å². The summed E-state index contributed by atoms with van der Waals surface area (Å²) in [5.41, 5.74) is 5.56. The highest BCUT2D eigenvalue weighted by Crippen LogP contribution is 2.46. The molecule has 0 atom stereocenters. The van der Waals surface area contributed by atoms with E-state index in [9.17, 15) is 0 Å². The average molecular weight is 480 g/mol. The molecule has 0 amide bonds. The molecule has 4 aromatic carbocycles. The molecular formula is C23H16Br2N2. The molecule has 0 spiro atoms. The summed E-state index contributed by atoms with van der Waals surface area (Å²) in [6.07, 6.45) is 0. The Balaban J connectivity index is 1.61. The van der Waals surface area contributed by atoms with Crippen molar-refractivity contribution < 1.29 is 0 Å². The number of anilines is 2. The van der Waals surface area contributed by atoms with Gasteiger partial charge in [0, 0.05) is 32.8 Å². The van der Waals surface area contributed by atoms with Crippen LogP contribution < -0.4 is 9.80 Å². The first-order valence-electron chi connectivity index (χ1n) is 9.11. The van der Waals surface area contributed by atoms with E-state index in [-0.39, 0.29) is 0 Å². The minimum atomic E-state index is 0.938. The molecule has 4 aromatic rings. The molecule has 2 aliphatic heterocycles. The molecule has 0 radical (unpaired) electrons. The fourth-order valence-corrected chi connectivity index (χ4v) is 5.99. The maximum atomic E-state index is 3.79. The van der Waals surface area contributed by atoms with E-state index < -0.39 is 0 Å². The highest BCUT2D eigenvalue weighted by molar-refractivity contribution is 9.11. The number of nitrogens with zero attached hydrogens (tertiary/aromatic N) is 2. The number of benzene rings is 4. The van der Waals surface area contributed by atoms with Crippen LogP contribution in [0.1, 0.15) is 11.1 Å². The van der Waals surface area contributed by atoms with E-state index in [0.717, 1.165) is 19.8 Å². The molecule has 0 aromatic heterocycles. The van der Waals surface area contributed by atoms with Crippen molar-refractivity contribution in [1.82, 2.24) is 0 Å². The number of hydrogen-bond donors (Lipinski definition) is 0. The summed E-state index contributed by atoms with van der Waals surface area (Å²) in [6.45, 7) is 2.82. The summed E-state index contributed by atoms with van der Waals surface area (Å²) in [5.74, 6) is 0. The van der Waals surface area contributed by atoms with Crippen LogP contribution in [0.2, 0.25) is 0 Å². The van der Waals surface area contributed by atoms with Gasteiger partial charge in [-0.25, -0.2) is 0 Å². The molecule has 0 aliphatic carbocycles. The molecule has 0 unspecified atom stereocenters. The SMILES string of the molecule is Brc1cc2c(c3ccccc13)N1Cc3cc(Br)c4ccccc4c3N(C2)C1. The quantitative estimate of drug-likeness (QED) is 0.273. The fourth-order valence-electron chi connectivity index (χ4n) is 4.74. The van der Waals surface area contributed by atoms with Crippen LogP contribution >= 0.6 is 31.9 Å². The van der Waals surface area contributed by atoms with Crippen molar-refractivity contribution in [2.45, 2.75) is 13.1 Å². The van der Waals surface area contributed by atoms with E-state index >= 15 is 0 Å². The molecule has 2 nitrogen and oxygen atoms in total. The van der Waals surface area contributed by atoms with Gasteiger partial charge in [-0.3, -0.25) is 0 Å². The van der Waals surface area contributed by atoms with Gasteiger partial charge in [0.1, 0.15) is 0 Å². The summed E-state index contributed by atoms with van der Waals surface area (Å²) in [6, 6.07) is 22.0. The van der Waals surface area contributed by atoms with Crippen molar-refractivity contribution in [3.8, 4) is 0 Å². The number of fused-ring (bicyclic) bond motifs is 10. The molecular weight excluding hydrogens is 464 g/mol. The van der Waals surface area contributed by atoms with Crippen molar-refractivity contribution in [3.63, 3.8) is 0 Å². The van der Waals surface area contributed by atoms with Crippen LogP contribution in [-0.4, -0.2) is 6.67 Å². The van der Waals surface area contributed by atoms with Gasteiger partial charge in [0.2, 0.25) is 0 Å². The molecule has 2 heterocycles. The number of halogens is 2. The zero-order valence-corrected chi connectivity index (χ0v) is 17.7. The second-order valence-corrected chi connectivity index (χ2v) is 9.07. The smallest absolute Gasteiger partial charge is 0.0910 e. The lowest BCUT2D eigenvalue weighted by Gasteiger charge is -2.46. The second kappa shape index (κ2) is 5.73. The Morgan fingerprint density at radius 3 is 1.44 bits per heavy atom. The predicted molar refractivity (Wildman–Crippen MR) is 121 cm³/mol. The van der Waals surface area contributed by atoms with Gasteiger partial charge >= 0.3 is 0 Å². The Bertz CT molecular complexity index is 1150. The first-order chi connectivity index (χ1) is 13.2. The fraction of sp³-hybridized carbons (Fsp3) is 0.130. The van der Waals surface area contributed by atoms with Crippen LogP contribution in [0.5, 0.6) is 0 Å². The molecule has 0 fully saturated rings. The van der Waals surface area contributed by atoms with Crippen molar-refractivity contribution >= 4 is 64.8 Å². The maximum absolute atomic E-state index is 3.79. The Morgan fingerprint density at radius 2 is 1.00 bits per heavy atom. The third kappa shape index (κ3) is 2.23. The van der Waals surface area contributed by atoms with E-state index in [2.05, 4.69) is 102 Å². The van der Waals surface area contributed by atoms with Gasteiger partial charge in [-0.05, 0) is 34.0 Å². The first kappa shape index (κ1) is 16.0. The highest BCUT2D eigenvalue weighted by atomic mass is 79.9. The van der Waals surface area contributed by atoms with Gasteiger partial charge in [-0.1, -0.05) is 80.4 Å². The molecule has 6 rings (SSSR count). The zero-order chi connectivity index (χ0) is 18.1. The summed E-state index contributed by atoms with van der Waals surface area (Å²) in [7, 11) is 0. The summed E-state index contributed by atoms with van der Waals surface area (Å²) >= 11 is 7.59. The van der Waals surface area contributed by atoms with Crippen LogP contribution in [0.25, 0.3) is 21.5 Å². The van der Waals surface area contributed by atoms with E-state index in [0.29, 0.717) is 0 Å². The molecule has 0 N–H and O–H groups in total. The van der Waals surface area contributed by atoms with Gasteiger partial charge in [-0.2, -0.15) is 0 Å². The third-order valence-corrected chi connectivity index (χ3v) is 7.10. The van der Waals surface area contributed by atoms with E-state index in [1.165, 1.54) is 53.0 Å². The second-order valence-electron chi connectivity index (χ2n) is 7.36. The molecule has 0 saturated heterocycles. The Kier molecular flexibility index (Phi) is 3.39. The van der Waals surface area contributed by atoms with Crippen LogP contribution in [0.15, 0.2) is 69.6 Å². The van der Waals surface area contributed by atoms with E-state index in [1.54, 1.807) is 0 Å². The number of hydrogen-bond acceptors (Lipinski definition) is 2. The van der Waals surface area contributed by atoms with Gasteiger partial charge in [0.15, 0.2) is 0 Å². The molecule has 0 saturated carbocycles. The Labute approximate surface area is 174 Å². The van der Waals surface area contributed by atoms with E-state index in [1.807, 2.05) is 0 Å². The average Bonchev–Trinajstić information content (AvgIpc) is 2.68. The maximum Gasteiger partial charge on any atom is 0.0910 e. The zero-order valence-electron chi connectivity index (χ0n) is 14.5. The largest absolute Gasteiger partial charge is 0.349 e. The minimum absolute atomic E-state index is 0.938. The molecule has 4 heteroatoms. The van der Waals surface area contributed by atoms with Gasteiger partial charge in [-0.15, -0.1) is 0 Å². The van der Waals surface area contributed by atoms with Crippen LogP contribution in [0.4, 0.5) is 11.4 Å². The van der Waals surface area contributed by atoms with Crippen molar-refractivity contribution in [3.05, 3.63) is 80.7 Å². The summed E-state index contributed by atoms with van der Waals surface area (Å²) in [4.78, 5) is 5.05.